The quantitative estimate of drug-likeness (QED) is 0.617. The first-order chi connectivity index (χ1) is 15.3. The van der Waals surface area contributed by atoms with E-state index < -0.39 is 17.8 Å². The van der Waals surface area contributed by atoms with E-state index in [1.54, 1.807) is 18.5 Å². The van der Waals surface area contributed by atoms with Crippen molar-refractivity contribution >= 4 is 23.5 Å². The summed E-state index contributed by atoms with van der Waals surface area (Å²) < 4.78 is 43.4. The second-order valence-corrected chi connectivity index (χ2v) is 7.50. The van der Waals surface area contributed by atoms with E-state index in [9.17, 15) is 18.0 Å². The van der Waals surface area contributed by atoms with Gasteiger partial charge in [-0.3, -0.25) is 9.97 Å². The molecule has 0 unspecified atom stereocenters. The highest BCUT2D eigenvalue weighted by Gasteiger charge is 2.31. The highest BCUT2D eigenvalue weighted by Crippen LogP contribution is 2.36. The largest absolute Gasteiger partial charge is 0.453 e. The van der Waals surface area contributed by atoms with Gasteiger partial charge in [-0.05, 0) is 18.2 Å². The van der Waals surface area contributed by atoms with Gasteiger partial charge in [-0.2, -0.15) is 13.2 Å². The van der Waals surface area contributed by atoms with Crippen molar-refractivity contribution < 1.29 is 22.7 Å². The summed E-state index contributed by atoms with van der Waals surface area (Å²) in [6.45, 7) is 1.01. The summed E-state index contributed by atoms with van der Waals surface area (Å²) >= 11 is 6.33. The molecule has 1 aliphatic heterocycles. The van der Waals surface area contributed by atoms with E-state index >= 15 is 0 Å². The number of nitrogens with zero attached hydrogens (tertiary/aromatic N) is 4. The van der Waals surface area contributed by atoms with Gasteiger partial charge in [-0.25, -0.2) is 9.78 Å². The monoisotopic (exact) mass is 463 g/mol. The highest BCUT2D eigenvalue weighted by molar-refractivity contribution is 6.33. The molecule has 3 aromatic rings. The Morgan fingerprint density at radius 1 is 1.16 bits per heavy atom. The van der Waals surface area contributed by atoms with E-state index in [0.29, 0.717) is 46.4 Å². The van der Waals surface area contributed by atoms with Crippen molar-refractivity contribution in [1.29, 1.82) is 0 Å². The molecule has 1 fully saturated rings. The van der Waals surface area contributed by atoms with E-state index in [-0.39, 0.29) is 6.04 Å². The summed E-state index contributed by atoms with van der Waals surface area (Å²) in [5.41, 5.74) is 1.07. The zero-order valence-electron chi connectivity index (χ0n) is 16.7. The average molecular weight is 464 g/mol. The predicted octanol–water partition coefficient (Wildman–Crippen LogP) is 4.42. The fraction of sp³-hybridized carbons (Fsp3) is 0.238. The number of nitrogens with one attached hydrogen (secondary N) is 1. The first-order valence-corrected chi connectivity index (χ1v) is 9.88. The molecule has 0 atom stereocenters. The maximum absolute atomic E-state index is 12.9. The zero-order valence-corrected chi connectivity index (χ0v) is 17.5. The van der Waals surface area contributed by atoms with Crippen LogP contribution in [-0.2, 0) is 10.9 Å². The minimum absolute atomic E-state index is 0.0909. The molecule has 11 heteroatoms. The molecule has 7 nitrogen and oxygen atoms in total. The van der Waals surface area contributed by atoms with Crippen LogP contribution in [0.4, 0.5) is 23.8 Å². The first kappa shape index (κ1) is 21.8. The first-order valence-electron chi connectivity index (χ1n) is 9.50. The highest BCUT2D eigenvalue weighted by atomic mass is 35.5. The Labute approximate surface area is 186 Å². The summed E-state index contributed by atoms with van der Waals surface area (Å²) in [5.74, 6) is 0.548. The van der Waals surface area contributed by atoms with E-state index in [0.717, 1.165) is 12.1 Å². The Kier molecular flexibility index (Phi) is 5.88. The number of alkyl halides is 3. The molecule has 1 N–H and O–H groups in total. The van der Waals surface area contributed by atoms with Gasteiger partial charge in [0.1, 0.15) is 11.5 Å². The standard InChI is InChI=1S/C21H17ClF3N5O2/c1-32-20(31)28-14-10-30(11-14)17-9-27-18(12-2-4-13(5-3-12)21(23,24)25)19(29-17)15-6-7-26-8-16(15)22/h2-9,14H,10-11H2,1H3,(H,28,31). The number of carbonyl (C=O) groups excluding carboxylic acids is 1. The van der Waals surface area contributed by atoms with Crippen LogP contribution in [0.5, 0.6) is 0 Å². The smallest absolute Gasteiger partial charge is 0.416 e. The molecule has 3 heterocycles. The molecule has 2 aromatic heterocycles. The van der Waals surface area contributed by atoms with Crippen molar-refractivity contribution in [3.05, 3.63) is 59.5 Å². The number of aromatic nitrogens is 3. The Morgan fingerprint density at radius 3 is 2.50 bits per heavy atom. The van der Waals surface area contributed by atoms with Crippen LogP contribution in [0.2, 0.25) is 5.02 Å². The van der Waals surface area contributed by atoms with Crippen molar-refractivity contribution in [3.63, 3.8) is 0 Å². The second-order valence-electron chi connectivity index (χ2n) is 7.09. The van der Waals surface area contributed by atoms with Crippen molar-refractivity contribution in [1.82, 2.24) is 20.3 Å². The lowest BCUT2D eigenvalue weighted by molar-refractivity contribution is -0.137. The van der Waals surface area contributed by atoms with Crippen LogP contribution in [0.1, 0.15) is 5.56 Å². The number of hydrogen-bond acceptors (Lipinski definition) is 6. The number of anilines is 1. The van der Waals surface area contributed by atoms with Gasteiger partial charge in [0.05, 0.1) is 35.6 Å². The number of rotatable bonds is 4. The number of halogens is 4. The van der Waals surface area contributed by atoms with Crippen LogP contribution in [0.3, 0.4) is 0 Å². The molecule has 166 valence electrons. The van der Waals surface area contributed by atoms with Gasteiger partial charge in [-0.15, -0.1) is 0 Å². The van der Waals surface area contributed by atoms with Crippen LogP contribution in [0, 0.1) is 0 Å². The molecule has 0 spiro atoms. The summed E-state index contributed by atoms with van der Waals surface area (Å²) in [4.78, 5) is 26.4. The van der Waals surface area contributed by atoms with Crippen LogP contribution < -0.4 is 10.2 Å². The second kappa shape index (κ2) is 8.62. The van der Waals surface area contributed by atoms with Gasteiger partial charge in [-0.1, -0.05) is 23.7 Å². The lowest BCUT2D eigenvalue weighted by Gasteiger charge is -2.40. The number of benzene rings is 1. The Balaban J connectivity index is 1.68. The molecule has 1 aliphatic rings. The summed E-state index contributed by atoms with van der Waals surface area (Å²) in [6, 6.07) is 6.28. The topological polar surface area (TPSA) is 80.2 Å². The van der Waals surface area contributed by atoms with Crippen LogP contribution in [-0.4, -0.2) is 47.3 Å². The van der Waals surface area contributed by atoms with Crippen LogP contribution in [0.15, 0.2) is 48.9 Å². The van der Waals surface area contributed by atoms with E-state index in [4.69, 9.17) is 16.6 Å². The van der Waals surface area contributed by atoms with Crippen molar-refractivity contribution in [2.24, 2.45) is 0 Å². The number of amides is 1. The van der Waals surface area contributed by atoms with Crippen LogP contribution >= 0.6 is 11.6 Å². The van der Waals surface area contributed by atoms with Crippen molar-refractivity contribution in [2.75, 3.05) is 25.1 Å². The molecule has 0 radical (unpaired) electrons. The Hall–Kier alpha value is -3.40. The molecular weight excluding hydrogens is 447 g/mol. The summed E-state index contributed by atoms with van der Waals surface area (Å²) in [6.07, 6.45) is -0.395. The van der Waals surface area contributed by atoms with Gasteiger partial charge < -0.3 is 15.0 Å². The minimum atomic E-state index is -4.43. The van der Waals surface area contributed by atoms with E-state index in [2.05, 4.69) is 20.0 Å². The Morgan fingerprint density at radius 2 is 1.88 bits per heavy atom. The number of hydrogen-bond donors (Lipinski definition) is 1. The number of methoxy groups -OCH3 is 1. The van der Waals surface area contributed by atoms with Gasteiger partial charge in [0, 0.05) is 36.6 Å². The molecule has 1 amide bonds. The number of carbonyl (C=O) groups is 1. The molecule has 0 saturated carbocycles. The number of alkyl carbamates (subject to hydrolysis) is 1. The van der Waals surface area contributed by atoms with Gasteiger partial charge >= 0.3 is 12.3 Å². The molecule has 4 rings (SSSR count). The molecule has 1 aromatic carbocycles. The fourth-order valence-corrected chi connectivity index (χ4v) is 3.51. The number of ether oxygens (including phenoxy) is 1. The Bertz CT molecular complexity index is 1140. The van der Waals surface area contributed by atoms with Gasteiger partial charge in [0.25, 0.3) is 0 Å². The third-order valence-corrected chi connectivity index (χ3v) is 5.29. The van der Waals surface area contributed by atoms with Gasteiger partial charge in [0.15, 0.2) is 0 Å². The van der Waals surface area contributed by atoms with Gasteiger partial charge in [0.2, 0.25) is 0 Å². The predicted molar refractivity (Wildman–Crippen MR) is 112 cm³/mol. The molecule has 1 saturated heterocycles. The van der Waals surface area contributed by atoms with E-state index in [1.165, 1.54) is 25.4 Å². The molecular formula is C21H17ClF3N5O2. The van der Waals surface area contributed by atoms with E-state index in [1.807, 2.05) is 4.90 Å². The third kappa shape index (κ3) is 4.45. The number of pyridine rings is 1. The third-order valence-electron chi connectivity index (χ3n) is 4.99. The minimum Gasteiger partial charge on any atom is -0.453 e. The zero-order chi connectivity index (χ0) is 22.9. The SMILES string of the molecule is COC(=O)NC1CN(c2cnc(-c3ccc(C(F)(F)F)cc3)c(-c3ccncc3Cl)n2)C1. The summed E-state index contributed by atoms with van der Waals surface area (Å²) in [5, 5.41) is 3.04. The van der Waals surface area contributed by atoms with Crippen molar-refractivity contribution in [2.45, 2.75) is 12.2 Å². The average Bonchev–Trinajstić information content (AvgIpc) is 2.75. The van der Waals surface area contributed by atoms with Crippen LogP contribution in [0.25, 0.3) is 22.5 Å². The lowest BCUT2D eigenvalue weighted by atomic mass is 10.0. The maximum Gasteiger partial charge on any atom is 0.416 e. The fourth-order valence-electron chi connectivity index (χ4n) is 3.30. The summed E-state index contributed by atoms with van der Waals surface area (Å²) in [7, 11) is 1.29. The lowest BCUT2D eigenvalue weighted by Crippen LogP contribution is -2.59. The maximum atomic E-state index is 12.9. The molecule has 32 heavy (non-hydrogen) atoms. The molecule has 0 aliphatic carbocycles. The normalized spacial score (nSPS) is 14.1. The molecule has 0 bridgehead atoms. The van der Waals surface area contributed by atoms with Crippen molar-refractivity contribution in [3.8, 4) is 22.5 Å².